The number of rotatable bonds is 2. The van der Waals surface area contributed by atoms with Gasteiger partial charge in [-0.1, -0.05) is 35.8 Å². The molecule has 0 aliphatic rings. The Morgan fingerprint density at radius 1 is 0.905 bits per heavy atom. The second-order valence-corrected chi connectivity index (χ2v) is 6.52. The van der Waals surface area contributed by atoms with Crippen molar-refractivity contribution >= 4 is 33.0 Å². The van der Waals surface area contributed by atoms with Crippen LogP contribution in [0.15, 0.2) is 70.2 Å². The van der Waals surface area contributed by atoms with E-state index in [1.165, 1.54) is 17.1 Å². The van der Waals surface area contributed by atoms with E-state index in [9.17, 15) is 4.79 Å². The van der Waals surface area contributed by atoms with Gasteiger partial charge in [-0.25, -0.2) is 3.96 Å². The molecule has 2 aromatic carbocycles. The minimum absolute atomic E-state index is 0.0538. The van der Waals surface area contributed by atoms with Crippen molar-refractivity contribution in [2.45, 2.75) is 0 Å². The highest BCUT2D eigenvalue weighted by atomic mass is 32.1. The van der Waals surface area contributed by atoms with Gasteiger partial charge in [-0.05, 0) is 52.2 Å². The zero-order valence-electron chi connectivity index (χ0n) is 11.0. The Kier molecular flexibility index (Phi) is 2.98. The Labute approximate surface area is 129 Å². The van der Waals surface area contributed by atoms with Crippen LogP contribution in [-0.2, 0) is 0 Å². The molecule has 0 aliphatic heterocycles. The predicted molar refractivity (Wildman–Crippen MR) is 90.7 cm³/mol. The van der Waals surface area contributed by atoms with Gasteiger partial charge in [-0.3, -0.25) is 4.79 Å². The SMILES string of the molecule is O=c1c2ccccc2sn1-c1cccc(-c2ccsc2)c1. The summed E-state index contributed by atoms with van der Waals surface area (Å²) in [6.45, 7) is 0. The molecular formula is C17H11NOS2. The van der Waals surface area contributed by atoms with E-state index in [1.54, 1.807) is 15.3 Å². The molecule has 2 aromatic heterocycles. The Morgan fingerprint density at radius 2 is 1.81 bits per heavy atom. The lowest BCUT2D eigenvalue weighted by molar-refractivity contribution is 1.14. The van der Waals surface area contributed by atoms with Crippen molar-refractivity contribution < 1.29 is 0 Å². The number of fused-ring (bicyclic) bond motifs is 1. The van der Waals surface area contributed by atoms with Crippen LogP contribution in [0.3, 0.4) is 0 Å². The van der Waals surface area contributed by atoms with Crippen LogP contribution in [0, 0.1) is 0 Å². The lowest BCUT2D eigenvalue weighted by atomic mass is 10.1. The van der Waals surface area contributed by atoms with Crippen LogP contribution >= 0.6 is 22.9 Å². The van der Waals surface area contributed by atoms with Crippen molar-refractivity contribution in [1.82, 2.24) is 3.96 Å². The highest BCUT2D eigenvalue weighted by Gasteiger charge is 2.09. The molecule has 4 aromatic rings. The summed E-state index contributed by atoms with van der Waals surface area (Å²) in [5.41, 5.74) is 3.30. The molecule has 2 nitrogen and oxygen atoms in total. The summed E-state index contributed by atoms with van der Waals surface area (Å²) in [5, 5.41) is 4.96. The second-order valence-electron chi connectivity index (χ2n) is 4.75. The van der Waals surface area contributed by atoms with Crippen LogP contribution in [0.1, 0.15) is 0 Å². The van der Waals surface area contributed by atoms with Crippen LogP contribution in [-0.4, -0.2) is 3.96 Å². The molecule has 0 radical (unpaired) electrons. The normalized spacial score (nSPS) is 11.0. The maximum absolute atomic E-state index is 12.5. The van der Waals surface area contributed by atoms with Crippen molar-refractivity contribution in [1.29, 1.82) is 0 Å². The Bertz CT molecular complexity index is 964. The molecule has 0 atom stereocenters. The van der Waals surface area contributed by atoms with Crippen molar-refractivity contribution in [3.63, 3.8) is 0 Å². The number of aromatic nitrogens is 1. The van der Waals surface area contributed by atoms with Gasteiger partial charge >= 0.3 is 0 Å². The van der Waals surface area contributed by atoms with Gasteiger partial charge in [0.15, 0.2) is 0 Å². The van der Waals surface area contributed by atoms with Gasteiger partial charge in [0.05, 0.1) is 15.8 Å². The number of benzene rings is 2. The maximum atomic E-state index is 12.5. The third-order valence-electron chi connectivity index (χ3n) is 3.43. The van der Waals surface area contributed by atoms with Gasteiger partial charge in [0.25, 0.3) is 5.56 Å². The minimum Gasteiger partial charge on any atom is -0.267 e. The average molecular weight is 309 g/mol. The van der Waals surface area contributed by atoms with E-state index in [2.05, 4.69) is 29.0 Å². The second kappa shape index (κ2) is 4.98. The van der Waals surface area contributed by atoms with Crippen molar-refractivity contribution in [2.75, 3.05) is 0 Å². The lowest BCUT2D eigenvalue weighted by Crippen LogP contribution is -2.10. The molecule has 0 bridgehead atoms. The first-order chi connectivity index (χ1) is 10.3. The summed E-state index contributed by atoms with van der Waals surface area (Å²) in [5.74, 6) is 0. The molecule has 0 amide bonds. The zero-order chi connectivity index (χ0) is 14.2. The predicted octanol–water partition coefficient (Wildman–Crippen LogP) is 4.78. The smallest absolute Gasteiger partial charge is 0.267 e. The van der Waals surface area contributed by atoms with E-state index in [-0.39, 0.29) is 5.56 Å². The fraction of sp³-hybridized carbons (Fsp3) is 0. The summed E-state index contributed by atoms with van der Waals surface area (Å²) in [7, 11) is 0. The van der Waals surface area contributed by atoms with Crippen LogP contribution in [0.2, 0.25) is 0 Å². The summed E-state index contributed by atoms with van der Waals surface area (Å²) in [4.78, 5) is 12.5. The average Bonchev–Trinajstić information content (AvgIpc) is 3.16. The van der Waals surface area contributed by atoms with Crippen LogP contribution in [0.5, 0.6) is 0 Å². The summed E-state index contributed by atoms with van der Waals surface area (Å²) >= 11 is 3.17. The van der Waals surface area contributed by atoms with Gasteiger partial charge in [-0.15, -0.1) is 0 Å². The molecule has 2 heterocycles. The van der Waals surface area contributed by atoms with Crippen LogP contribution in [0.25, 0.3) is 26.9 Å². The van der Waals surface area contributed by atoms with E-state index in [0.717, 1.165) is 21.3 Å². The number of hydrogen-bond donors (Lipinski definition) is 0. The molecule has 0 fully saturated rings. The van der Waals surface area contributed by atoms with E-state index < -0.39 is 0 Å². The fourth-order valence-corrected chi connectivity index (χ4v) is 4.04. The molecule has 0 spiro atoms. The molecular weight excluding hydrogens is 298 g/mol. The first-order valence-corrected chi connectivity index (χ1v) is 8.29. The Morgan fingerprint density at radius 3 is 2.62 bits per heavy atom. The maximum Gasteiger partial charge on any atom is 0.273 e. The molecule has 0 saturated carbocycles. The van der Waals surface area contributed by atoms with E-state index in [0.29, 0.717) is 0 Å². The summed E-state index contributed by atoms with van der Waals surface area (Å²) in [6, 6.07) is 18.0. The molecule has 0 unspecified atom stereocenters. The minimum atomic E-state index is 0.0538. The molecule has 0 saturated heterocycles. The van der Waals surface area contributed by atoms with Crippen molar-refractivity contribution in [2.24, 2.45) is 0 Å². The number of thiophene rings is 1. The third-order valence-corrected chi connectivity index (χ3v) is 5.22. The van der Waals surface area contributed by atoms with Gasteiger partial charge in [0.2, 0.25) is 0 Å². The van der Waals surface area contributed by atoms with Gasteiger partial charge < -0.3 is 0 Å². The fourth-order valence-electron chi connectivity index (χ4n) is 2.38. The molecule has 4 rings (SSSR count). The first-order valence-electron chi connectivity index (χ1n) is 6.57. The van der Waals surface area contributed by atoms with Gasteiger partial charge in [0.1, 0.15) is 0 Å². The molecule has 0 N–H and O–H groups in total. The quantitative estimate of drug-likeness (QED) is 0.522. The van der Waals surface area contributed by atoms with E-state index >= 15 is 0 Å². The Balaban J connectivity index is 1.91. The monoisotopic (exact) mass is 309 g/mol. The summed E-state index contributed by atoms with van der Waals surface area (Å²) < 4.78 is 2.78. The van der Waals surface area contributed by atoms with Gasteiger partial charge in [-0.2, -0.15) is 11.3 Å². The summed E-state index contributed by atoms with van der Waals surface area (Å²) in [6.07, 6.45) is 0. The zero-order valence-corrected chi connectivity index (χ0v) is 12.7. The Hall–Kier alpha value is -2.17. The lowest BCUT2D eigenvalue weighted by Gasteiger charge is -2.03. The largest absolute Gasteiger partial charge is 0.273 e. The van der Waals surface area contributed by atoms with E-state index in [4.69, 9.17) is 0 Å². The highest BCUT2D eigenvalue weighted by molar-refractivity contribution is 7.14. The molecule has 0 aliphatic carbocycles. The van der Waals surface area contributed by atoms with Crippen LogP contribution in [0.4, 0.5) is 0 Å². The standard InChI is InChI=1S/C17H11NOS2/c19-17-15-6-1-2-7-16(15)21-18(17)14-5-3-4-12(10-14)13-8-9-20-11-13/h1-11H. The molecule has 21 heavy (non-hydrogen) atoms. The van der Waals surface area contributed by atoms with Gasteiger partial charge in [0, 0.05) is 0 Å². The number of nitrogens with zero attached hydrogens (tertiary/aromatic N) is 1. The van der Waals surface area contributed by atoms with Crippen molar-refractivity contribution in [3.8, 4) is 16.8 Å². The molecule has 4 heteroatoms. The van der Waals surface area contributed by atoms with Crippen molar-refractivity contribution in [3.05, 3.63) is 75.7 Å². The highest BCUT2D eigenvalue weighted by Crippen LogP contribution is 2.26. The molecule has 102 valence electrons. The van der Waals surface area contributed by atoms with Crippen LogP contribution < -0.4 is 5.56 Å². The van der Waals surface area contributed by atoms with E-state index in [1.807, 2.05) is 36.4 Å². The first kappa shape index (κ1) is 12.6. The topological polar surface area (TPSA) is 22.0 Å². The number of hydrogen-bond acceptors (Lipinski definition) is 3. The third kappa shape index (κ3) is 2.13.